The van der Waals surface area contributed by atoms with E-state index in [0.717, 1.165) is 11.5 Å². The minimum absolute atomic E-state index is 0.0399. The lowest BCUT2D eigenvalue weighted by atomic mass is 10.1. The zero-order valence-corrected chi connectivity index (χ0v) is 11.2. The van der Waals surface area contributed by atoms with Crippen molar-refractivity contribution < 1.29 is 0 Å². The average molecular weight is 249 g/mol. The van der Waals surface area contributed by atoms with Gasteiger partial charge in [-0.05, 0) is 27.7 Å². The molecule has 98 valence electrons. The van der Waals surface area contributed by atoms with Gasteiger partial charge in [0.25, 0.3) is 0 Å². The number of nitrogens with one attached hydrogen (secondary N) is 2. The van der Waals surface area contributed by atoms with E-state index in [1.807, 2.05) is 17.8 Å². The molecule has 7 heteroatoms. The number of aromatic nitrogens is 6. The van der Waals surface area contributed by atoms with Crippen LogP contribution in [-0.2, 0) is 12.1 Å². The minimum atomic E-state index is -0.0399. The molecule has 2 aromatic rings. The highest BCUT2D eigenvalue weighted by Crippen LogP contribution is 2.12. The van der Waals surface area contributed by atoms with Gasteiger partial charge in [0.1, 0.15) is 12.2 Å². The zero-order chi connectivity index (χ0) is 13.2. The molecule has 0 bridgehead atoms. The first-order valence-corrected chi connectivity index (χ1v) is 5.97. The van der Waals surface area contributed by atoms with Crippen molar-refractivity contribution in [2.75, 3.05) is 0 Å². The Morgan fingerprint density at radius 1 is 1.44 bits per heavy atom. The molecule has 0 saturated carbocycles. The molecule has 0 spiro atoms. The maximum atomic E-state index is 4.14. The predicted octanol–water partition coefficient (Wildman–Crippen LogP) is 1.00. The highest BCUT2D eigenvalue weighted by atomic mass is 15.4. The quantitative estimate of drug-likeness (QED) is 0.844. The smallest absolute Gasteiger partial charge is 0.141 e. The first-order valence-electron chi connectivity index (χ1n) is 5.97. The molecule has 2 heterocycles. The summed E-state index contributed by atoms with van der Waals surface area (Å²) in [6, 6.07) is 0.104. The Morgan fingerprint density at radius 2 is 2.22 bits per heavy atom. The summed E-state index contributed by atoms with van der Waals surface area (Å²) in [6.07, 6.45) is 3.46. The molecule has 0 aromatic carbocycles. The second-order valence-electron chi connectivity index (χ2n) is 5.30. The van der Waals surface area contributed by atoms with E-state index >= 15 is 0 Å². The van der Waals surface area contributed by atoms with Crippen molar-refractivity contribution in [1.29, 1.82) is 0 Å². The molecule has 0 fully saturated rings. The van der Waals surface area contributed by atoms with Gasteiger partial charge in [0.05, 0.1) is 23.5 Å². The summed E-state index contributed by atoms with van der Waals surface area (Å²) in [7, 11) is 0. The largest absolute Gasteiger partial charge is 0.302 e. The van der Waals surface area contributed by atoms with Gasteiger partial charge in [-0.3, -0.25) is 5.10 Å². The van der Waals surface area contributed by atoms with E-state index in [-0.39, 0.29) is 11.6 Å². The lowest BCUT2D eigenvalue weighted by Gasteiger charge is -2.17. The zero-order valence-electron chi connectivity index (χ0n) is 11.2. The lowest BCUT2D eigenvalue weighted by Crippen LogP contribution is -2.22. The minimum Gasteiger partial charge on any atom is -0.302 e. The lowest BCUT2D eigenvalue weighted by molar-refractivity contribution is 0.347. The molecule has 18 heavy (non-hydrogen) atoms. The summed E-state index contributed by atoms with van der Waals surface area (Å²) in [5.74, 6) is 0.818. The van der Waals surface area contributed by atoms with E-state index in [9.17, 15) is 0 Å². The second-order valence-corrected chi connectivity index (χ2v) is 5.30. The fraction of sp³-hybridized carbons (Fsp3) is 0.636. The maximum Gasteiger partial charge on any atom is 0.141 e. The van der Waals surface area contributed by atoms with Crippen molar-refractivity contribution in [3.63, 3.8) is 0 Å². The molecule has 0 radical (unpaired) electrons. The Morgan fingerprint density at radius 3 is 2.78 bits per heavy atom. The van der Waals surface area contributed by atoms with E-state index in [4.69, 9.17) is 0 Å². The normalized spacial score (nSPS) is 13.8. The second kappa shape index (κ2) is 4.85. The van der Waals surface area contributed by atoms with Crippen molar-refractivity contribution in [2.45, 2.75) is 45.8 Å². The number of hydrogen-bond acceptors (Lipinski definition) is 5. The van der Waals surface area contributed by atoms with Gasteiger partial charge in [-0.25, -0.2) is 9.67 Å². The third-order valence-electron chi connectivity index (χ3n) is 2.66. The molecule has 0 saturated heterocycles. The molecule has 0 aliphatic rings. The third kappa shape index (κ3) is 2.92. The molecule has 0 aliphatic heterocycles. The molecule has 1 atom stereocenters. The average Bonchev–Trinajstić information content (AvgIpc) is 2.96. The highest BCUT2D eigenvalue weighted by Gasteiger charge is 2.15. The molecule has 7 nitrogen and oxygen atoms in total. The molecule has 0 aliphatic carbocycles. The van der Waals surface area contributed by atoms with E-state index in [1.54, 1.807) is 0 Å². The fourth-order valence-corrected chi connectivity index (χ4v) is 1.49. The maximum absolute atomic E-state index is 4.14. The first kappa shape index (κ1) is 12.7. The number of nitrogens with zero attached hydrogens (tertiary/aromatic N) is 5. The Labute approximate surface area is 106 Å². The van der Waals surface area contributed by atoms with Crippen LogP contribution < -0.4 is 5.32 Å². The van der Waals surface area contributed by atoms with Crippen LogP contribution in [0, 0.1) is 0 Å². The first-order chi connectivity index (χ1) is 8.47. The number of hydrogen-bond donors (Lipinski definition) is 2. The molecule has 2 N–H and O–H groups in total. The Balaban J connectivity index is 1.93. The van der Waals surface area contributed by atoms with E-state index in [1.165, 1.54) is 6.33 Å². The van der Waals surface area contributed by atoms with Crippen molar-refractivity contribution in [1.82, 2.24) is 35.5 Å². The summed E-state index contributed by atoms with van der Waals surface area (Å²) < 4.78 is 1.86. The van der Waals surface area contributed by atoms with Crippen LogP contribution in [-0.4, -0.2) is 30.2 Å². The van der Waals surface area contributed by atoms with Crippen molar-refractivity contribution in [2.24, 2.45) is 0 Å². The van der Waals surface area contributed by atoms with Gasteiger partial charge in [-0.1, -0.05) is 5.21 Å². The molecular formula is C11H19N7. The predicted molar refractivity (Wildman–Crippen MR) is 66.7 cm³/mol. The standard InChI is InChI=1S/C11H19N7/c1-8(10-13-7-14-16-10)12-5-9-6-18(17-15-9)11(2,3)4/h6-8,12H,5H2,1-4H3,(H,13,14,16). The molecule has 1 unspecified atom stereocenters. The van der Waals surface area contributed by atoms with Crippen molar-refractivity contribution in [3.8, 4) is 0 Å². The van der Waals surface area contributed by atoms with Crippen LogP contribution in [0.5, 0.6) is 0 Å². The summed E-state index contributed by atoms with van der Waals surface area (Å²) in [4.78, 5) is 4.10. The van der Waals surface area contributed by atoms with Gasteiger partial charge in [0.2, 0.25) is 0 Å². The highest BCUT2D eigenvalue weighted by molar-refractivity contribution is 4.96. The van der Waals surface area contributed by atoms with Gasteiger partial charge in [0, 0.05) is 6.54 Å². The molecule has 2 rings (SSSR count). The molecule has 0 amide bonds. The van der Waals surface area contributed by atoms with Gasteiger partial charge in [-0.2, -0.15) is 5.10 Å². The Kier molecular flexibility index (Phi) is 3.42. The van der Waals surface area contributed by atoms with Crippen LogP contribution in [0.1, 0.15) is 45.3 Å². The Hall–Kier alpha value is -1.76. The van der Waals surface area contributed by atoms with Gasteiger partial charge < -0.3 is 5.32 Å². The van der Waals surface area contributed by atoms with Crippen LogP contribution in [0.2, 0.25) is 0 Å². The fourth-order valence-electron chi connectivity index (χ4n) is 1.49. The topological polar surface area (TPSA) is 84.3 Å². The molecule has 2 aromatic heterocycles. The summed E-state index contributed by atoms with van der Waals surface area (Å²) >= 11 is 0. The number of rotatable bonds is 4. The summed E-state index contributed by atoms with van der Waals surface area (Å²) in [5, 5.41) is 18.2. The van der Waals surface area contributed by atoms with E-state index in [2.05, 4.69) is 51.6 Å². The van der Waals surface area contributed by atoms with Gasteiger partial charge >= 0.3 is 0 Å². The number of H-pyrrole nitrogens is 1. The van der Waals surface area contributed by atoms with Crippen molar-refractivity contribution >= 4 is 0 Å². The van der Waals surface area contributed by atoms with Crippen LogP contribution in [0.3, 0.4) is 0 Å². The van der Waals surface area contributed by atoms with E-state index in [0.29, 0.717) is 6.54 Å². The molecular weight excluding hydrogens is 230 g/mol. The van der Waals surface area contributed by atoms with Crippen molar-refractivity contribution in [3.05, 3.63) is 24.0 Å². The van der Waals surface area contributed by atoms with Gasteiger partial charge in [-0.15, -0.1) is 5.10 Å². The summed E-state index contributed by atoms with van der Waals surface area (Å²) in [6.45, 7) is 8.95. The van der Waals surface area contributed by atoms with Gasteiger partial charge in [0.15, 0.2) is 0 Å². The third-order valence-corrected chi connectivity index (χ3v) is 2.66. The van der Waals surface area contributed by atoms with Crippen LogP contribution in [0.4, 0.5) is 0 Å². The monoisotopic (exact) mass is 249 g/mol. The van der Waals surface area contributed by atoms with Crippen LogP contribution in [0.15, 0.2) is 12.5 Å². The van der Waals surface area contributed by atoms with Crippen LogP contribution in [0.25, 0.3) is 0 Å². The summed E-state index contributed by atoms with van der Waals surface area (Å²) in [5.41, 5.74) is 0.873. The SMILES string of the molecule is CC(NCc1cn(C(C)(C)C)nn1)c1ncn[nH]1. The van der Waals surface area contributed by atoms with E-state index < -0.39 is 0 Å². The van der Waals surface area contributed by atoms with Crippen LogP contribution >= 0.6 is 0 Å². The Bertz CT molecular complexity index is 480. The number of aromatic amines is 1.